The molecule has 0 spiro atoms. The third-order valence-electron chi connectivity index (χ3n) is 4.88. The molecule has 0 saturated carbocycles. The number of likely N-dealkylation sites (tertiary alicyclic amines) is 1. The quantitative estimate of drug-likeness (QED) is 0.695. The van der Waals surface area contributed by atoms with Crippen molar-refractivity contribution >= 4 is 6.09 Å². The van der Waals surface area contributed by atoms with Crippen molar-refractivity contribution in [2.45, 2.75) is 12.3 Å². The van der Waals surface area contributed by atoms with Crippen LogP contribution in [0.4, 0.5) is 9.18 Å². The summed E-state index contributed by atoms with van der Waals surface area (Å²) in [5.41, 5.74) is 3.73. The number of rotatable bonds is 0. The standard InChI is InChI=1S/C20H17FN2O2/c1-25-20(24)23-11-16-9-15-7-14(10-22-19(15)18(16)12-23)6-5-13-3-2-4-17(21)8-13/h2-4,7-8,10,16,18H,9,11-12H2,1H3/t16-,18+/m1/s1. The Kier molecular flexibility index (Phi) is 3.89. The van der Waals surface area contributed by atoms with Gasteiger partial charge in [0.2, 0.25) is 0 Å². The molecule has 2 aromatic rings. The van der Waals surface area contributed by atoms with Crippen molar-refractivity contribution in [2.75, 3.05) is 20.2 Å². The smallest absolute Gasteiger partial charge is 0.409 e. The second kappa shape index (κ2) is 6.21. The molecule has 0 unspecified atom stereocenters. The first-order valence-corrected chi connectivity index (χ1v) is 8.23. The molecule has 2 heterocycles. The number of nitrogens with zero attached hydrogens (tertiary/aromatic N) is 2. The second-order valence-corrected chi connectivity index (χ2v) is 6.47. The number of pyridine rings is 1. The maximum Gasteiger partial charge on any atom is 0.409 e. The predicted molar refractivity (Wildman–Crippen MR) is 90.5 cm³/mol. The molecule has 0 N–H and O–H groups in total. The van der Waals surface area contributed by atoms with Crippen molar-refractivity contribution in [1.82, 2.24) is 9.88 Å². The fraction of sp³-hybridized carbons (Fsp3) is 0.300. The minimum Gasteiger partial charge on any atom is -0.453 e. The number of hydrogen-bond donors (Lipinski definition) is 0. The van der Waals surface area contributed by atoms with Crippen LogP contribution in [0.1, 0.15) is 28.3 Å². The number of halogens is 1. The van der Waals surface area contributed by atoms with E-state index in [-0.39, 0.29) is 17.8 Å². The van der Waals surface area contributed by atoms with Crippen molar-refractivity contribution in [2.24, 2.45) is 5.92 Å². The van der Waals surface area contributed by atoms with Gasteiger partial charge in [0, 0.05) is 42.0 Å². The van der Waals surface area contributed by atoms with Crippen LogP contribution >= 0.6 is 0 Å². The van der Waals surface area contributed by atoms with E-state index in [0.717, 1.165) is 17.7 Å². The highest BCUT2D eigenvalue weighted by Gasteiger charge is 2.42. The van der Waals surface area contributed by atoms with E-state index in [2.05, 4.69) is 22.9 Å². The van der Waals surface area contributed by atoms with Crippen LogP contribution in [0.2, 0.25) is 0 Å². The van der Waals surface area contributed by atoms with Gasteiger partial charge in [-0.25, -0.2) is 9.18 Å². The van der Waals surface area contributed by atoms with Crippen LogP contribution in [-0.2, 0) is 11.2 Å². The predicted octanol–water partition coefficient (Wildman–Crippen LogP) is 2.96. The minimum absolute atomic E-state index is 0.270. The lowest BCUT2D eigenvalue weighted by Crippen LogP contribution is -2.29. The zero-order valence-corrected chi connectivity index (χ0v) is 13.8. The van der Waals surface area contributed by atoms with Gasteiger partial charge < -0.3 is 9.64 Å². The number of fused-ring (bicyclic) bond motifs is 3. The molecule has 1 aromatic carbocycles. The summed E-state index contributed by atoms with van der Waals surface area (Å²) in [6.45, 7) is 1.36. The van der Waals surface area contributed by atoms with Crippen LogP contribution in [0.3, 0.4) is 0 Å². The average molecular weight is 336 g/mol. The highest BCUT2D eigenvalue weighted by molar-refractivity contribution is 5.68. The number of benzene rings is 1. The Balaban J connectivity index is 1.54. The van der Waals surface area contributed by atoms with Crippen LogP contribution in [0.5, 0.6) is 0 Å². The molecule has 25 heavy (non-hydrogen) atoms. The molecule has 5 heteroatoms. The Labute approximate surface area is 145 Å². The summed E-state index contributed by atoms with van der Waals surface area (Å²) >= 11 is 0. The molecule has 1 amide bonds. The molecular weight excluding hydrogens is 319 g/mol. The third kappa shape index (κ3) is 2.96. The molecule has 2 atom stereocenters. The van der Waals surface area contributed by atoms with E-state index in [4.69, 9.17) is 4.74 Å². The van der Waals surface area contributed by atoms with Gasteiger partial charge in [-0.15, -0.1) is 0 Å². The molecule has 126 valence electrons. The summed E-state index contributed by atoms with van der Waals surface area (Å²) in [5.74, 6) is 6.41. The first kappa shape index (κ1) is 15.6. The van der Waals surface area contributed by atoms with E-state index >= 15 is 0 Å². The van der Waals surface area contributed by atoms with Crippen LogP contribution in [0.25, 0.3) is 0 Å². The maximum atomic E-state index is 13.2. The molecule has 4 rings (SSSR count). The minimum atomic E-state index is -0.290. The Bertz CT molecular complexity index is 900. The van der Waals surface area contributed by atoms with Gasteiger partial charge >= 0.3 is 6.09 Å². The van der Waals surface area contributed by atoms with Crippen molar-refractivity contribution < 1.29 is 13.9 Å². The number of carbonyl (C=O) groups is 1. The van der Waals surface area contributed by atoms with E-state index in [1.54, 1.807) is 23.2 Å². The summed E-state index contributed by atoms with van der Waals surface area (Å²) in [6, 6.07) is 8.31. The first-order chi connectivity index (χ1) is 12.1. The highest BCUT2D eigenvalue weighted by atomic mass is 19.1. The SMILES string of the molecule is COC(=O)N1C[C@H]2Cc3cc(C#Cc4cccc(F)c4)cnc3[C@H]2C1. The molecular formula is C20H17FN2O2. The van der Waals surface area contributed by atoms with Gasteiger partial charge in [0.25, 0.3) is 0 Å². The summed E-state index contributed by atoms with van der Waals surface area (Å²) < 4.78 is 18.0. The highest BCUT2D eigenvalue weighted by Crippen LogP contribution is 2.42. The van der Waals surface area contributed by atoms with Gasteiger partial charge in [-0.2, -0.15) is 0 Å². The number of ether oxygens (including phenoxy) is 1. The van der Waals surface area contributed by atoms with Crippen LogP contribution < -0.4 is 0 Å². The number of aromatic nitrogens is 1. The van der Waals surface area contributed by atoms with E-state index in [1.165, 1.54) is 24.8 Å². The van der Waals surface area contributed by atoms with Gasteiger partial charge in [-0.1, -0.05) is 17.9 Å². The summed E-state index contributed by atoms with van der Waals surface area (Å²) in [7, 11) is 1.41. The van der Waals surface area contributed by atoms with Crippen LogP contribution in [0.15, 0.2) is 36.5 Å². The Morgan fingerprint density at radius 2 is 2.12 bits per heavy atom. The normalized spacial score (nSPS) is 20.5. The number of amides is 1. The van der Waals surface area contributed by atoms with Crippen molar-refractivity contribution in [3.8, 4) is 11.8 Å². The van der Waals surface area contributed by atoms with E-state index in [9.17, 15) is 9.18 Å². The van der Waals surface area contributed by atoms with Crippen LogP contribution in [-0.4, -0.2) is 36.2 Å². The van der Waals surface area contributed by atoms with E-state index in [1.807, 2.05) is 0 Å². The van der Waals surface area contributed by atoms with Crippen LogP contribution in [0, 0.1) is 23.6 Å². The van der Waals surface area contributed by atoms with Crippen molar-refractivity contribution in [1.29, 1.82) is 0 Å². The van der Waals surface area contributed by atoms with Gasteiger partial charge in [0.1, 0.15) is 5.82 Å². The Hall–Kier alpha value is -2.87. The monoisotopic (exact) mass is 336 g/mol. The summed E-state index contributed by atoms with van der Waals surface area (Å²) in [6.07, 6.45) is 2.39. The number of hydrogen-bond acceptors (Lipinski definition) is 3. The van der Waals surface area contributed by atoms with Gasteiger partial charge in [-0.3, -0.25) is 4.98 Å². The summed E-state index contributed by atoms with van der Waals surface area (Å²) in [4.78, 5) is 18.0. The molecule has 4 nitrogen and oxygen atoms in total. The van der Waals surface area contributed by atoms with Gasteiger partial charge in [-0.05, 0) is 42.2 Å². The number of carbonyl (C=O) groups excluding carboxylic acids is 1. The van der Waals surface area contributed by atoms with Crippen molar-refractivity contribution in [3.63, 3.8) is 0 Å². The first-order valence-electron chi connectivity index (χ1n) is 8.23. The largest absolute Gasteiger partial charge is 0.453 e. The molecule has 1 saturated heterocycles. The lowest BCUT2D eigenvalue weighted by molar-refractivity contribution is 0.131. The third-order valence-corrected chi connectivity index (χ3v) is 4.88. The zero-order chi connectivity index (χ0) is 17.4. The lowest BCUT2D eigenvalue weighted by Gasteiger charge is -2.15. The zero-order valence-electron chi connectivity index (χ0n) is 13.8. The molecule has 2 aliphatic rings. The van der Waals surface area contributed by atoms with Gasteiger partial charge in [0.15, 0.2) is 0 Å². The molecule has 0 radical (unpaired) electrons. The van der Waals surface area contributed by atoms with E-state index < -0.39 is 0 Å². The Morgan fingerprint density at radius 3 is 2.92 bits per heavy atom. The topological polar surface area (TPSA) is 42.4 Å². The van der Waals surface area contributed by atoms with E-state index in [0.29, 0.717) is 24.6 Å². The van der Waals surface area contributed by atoms with Gasteiger partial charge in [0.05, 0.1) is 7.11 Å². The molecule has 1 aromatic heterocycles. The molecule has 1 aliphatic heterocycles. The van der Waals surface area contributed by atoms with Crippen molar-refractivity contribution in [3.05, 3.63) is 64.7 Å². The average Bonchev–Trinajstić information content (AvgIpc) is 3.16. The molecule has 0 bridgehead atoms. The maximum absolute atomic E-state index is 13.2. The molecule has 1 fully saturated rings. The number of methoxy groups -OCH3 is 1. The fourth-order valence-electron chi connectivity index (χ4n) is 3.75. The molecule has 1 aliphatic carbocycles. The fourth-order valence-corrected chi connectivity index (χ4v) is 3.75. The summed E-state index contributed by atoms with van der Waals surface area (Å²) in [5, 5.41) is 0. The Morgan fingerprint density at radius 1 is 1.28 bits per heavy atom. The second-order valence-electron chi connectivity index (χ2n) is 6.47. The lowest BCUT2D eigenvalue weighted by atomic mass is 9.99.